The average Bonchev–Trinajstić information content (AvgIpc) is 2.52. The van der Waals surface area contributed by atoms with Crippen molar-refractivity contribution < 1.29 is 14.3 Å². The maximum Gasteiger partial charge on any atom is 0.252 e. The molecule has 1 aliphatic heterocycles. The van der Waals surface area contributed by atoms with Crippen LogP contribution in [0.3, 0.4) is 0 Å². The number of thioether (sulfide) groups is 1. The number of pyridine rings is 1. The summed E-state index contributed by atoms with van der Waals surface area (Å²) in [6.45, 7) is 2.40. The second kappa shape index (κ2) is 8.11. The van der Waals surface area contributed by atoms with Crippen molar-refractivity contribution in [1.29, 1.82) is 0 Å². The topological polar surface area (TPSA) is 60.5 Å². The van der Waals surface area contributed by atoms with Crippen molar-refractivity contribution in [3.8, 4) is 5.88 Å². The van der Waals surface area contributed by atoms with Gasteiger partial charge in [0.15, 0.2) is 0 Å². The van der Waals surface area contributed by atoms with E-state index in [0.29, 0.717) is 23.2 Å². The van der Waals surface area contributed by atoms with Crippen molar-refractivity contribution in [3.63, 3.8) is 0 Å². The Morgan fingerprint density at radius 3 is 2.95 bits per heavy atom. The fourth-order valence-electron chi connectivity index (χ4n) is 1.97. The van der Waals surface area contributed by atoms with Gasteiger partial charge >= 0.3 is 0 Å². The molecule has 2 rings (SSSR count). The fraction of sp³-hybridized carbons (Fsp3) is 0.571. The van der Waals surface area contributed by atoms with E-state index in [2.05, 4.69) is 10.3 Å². The summed E-state index contributed by atoms with van der Waals surface area (Å²) in [6, 6.07) is 3.40. The van der Waals surface area contributed by atoms with Gasteiger partial charge in [0.2, 0.25) is 5.88 Å². The largest absolute Gasteiger partial charge is 0.481 e. The summed E-state index contributed by atoms with van der Waals surface area (Å²) < 4.78 is 10.3. The van der Waals surface area contributed by atoms with Gasteiger partial charge in [0.05, 0.1) is 12.7 Å². The van der Waals surface area contributed by atoms with Gasteiger partial charge in [-0.3, -0.25) is 4.79 Å². The molecule has 0 atom stereocenters. The predicted octanol–water partition coefficient (Wildman–Crippen LogP) is 1.73. The molecule has 20 heavy (non-hydrogen) atoms. The van der Waals surface area contributed by atoms with Crippen molar-refractivity contribution in [2.45, 2.75) is 18.1 Å². The monoisotopic (exact) mass is 296 g/mol. The van der Waals surface area contributed by atoms with Crippen LogP contribution in [0, 0.1) is 0 Å². The van der Waals surface area contributed by atoms with E-state index in [9.17, 15) is 4.79 Å². The quantitative estimate of drug-likeness (QED) is 0.810. The lowest BCUT2D eigenvalue weighted by atomic mass is 10.2. The molecule has 0 unspecified atom stereocenters. The van der Waals surface area contributed by atoms with Gasteiger partial charge in [-0.2, -0.15) is 11.8 Å². The Morgan fingerprint density at radius 1 is 1.50 bits per heavy atom. The van der Waals surface area contributed by atoms with Crippen LogP contribution in [0.5, 0.6) is 5.88 Å². The standard InChI is InChI=1S/C14H20N2O3S/c1-18-13-3-2-11(10-16-13)14(17)15-6-9-20-12-4-7-19-8-5-12/h2-3,10,12H,4-9H2,1H3,(H,15,17). The Hall–Kier alpha value is -1.27. The smallest absolute Gasteiger partial charge is 0.252 e. The Balaban J connectivity index is 1.66. The molecule has 1 saturated heterocycles. The Morgan fingerprint density at radius 2 is 2.30 bits per heavy atom. The molecular weight excluding hydrogens is 276 g/mol. The van der Waals surface area contributed by atoms with E-state index in [0.717, 1.165) is 31.8 Å². The molecule has 2 heterocycles. The van der Waals surface area contributed by atoms with Gasteiger partial charge in [-0.25, -0.2) is 4.98 Å². The molecule has 0 aromatic carbocycles. The lowest BCUT2D eigenvalue weighted by Gasteiger charge is -2.21. The van der Waals surface area contributed by atoms with Crippen molar-refractivity contribution >= 4 is 17.7 Å². The summed E-state index contributed by atoms with van der Waals surface area (Å²) in [4.78, 5) is 15.9. The number of nitrogens with one attached hydrogen (secondary N) is 1. The molecule has 0 bridgehead atoms. The zero-order valence-corrected chi connectivity index (χ0v) is 12.4. The Labute approximate surface area is 123 Å². The molecule has 5 nitrogen and oxygen atoms in total. The predicted molar refractivity (Wildman–Crippen MR) is 79.4 cm³/mol. The third-order valence-electron chi connectivity index (χ3n) is 3.12. The highest BCUT2D eigenvalue weighted by Crippen LogP contribution is 2.21. The van der Waals surface area contributed by atoms with Gasteiger partial charge in [-0.05, 0) is 18.9 Å². The number of carbonyl (C=O) groups excluding carboxylic acids is 1. The molecule has 1 aromatic heterocycles. The SMILES string of the molecule is COc1ccc(C(=O)NCCSC2CCOCC2)cn1. The molecule has 0 saturated carbocycles. The number of hydrogen-bond acceptors (Lipinski definition) is 5. The lowest BCUT2D eigenvalue weighted by molar-refractivity contribution is 0.0954. The van der Waals surface area contributed by atoms with Gasteiger partial charge < -0.3 is 14.8 Å². The van der Waals surface area contributed by atoms with Crippen LogP contribution in [0.1, 0.15) is 23.2 Å². The van der Waals surface area contributed by atoms with Gasteiger partial charge in [0, 0.05) is 43.0 Å². The second-order valence-electron chi connectivity index (χ2n) is 4.53. The molecular formula is C14H20N2O3S. The molecule has 1 amide bonds. The van der Waals surface area contributed by atoms with Crippen LogP contribution < -0.4 is 10.1 Å². The molecule has 1 N–H and O–H groups in total. The molecule has 0 radical (unpaired) electrons. The average molecular weight is 296 g/mol. The van der Waals surface area contributed by atoms with Crippen LogP contribution in [0.25, 0.3) is 0 Å². The highest BCUT2D eigenvalue weighted by atomic mass is 32.2. The van der Waals surface area contributed by atoms with Crippen LogP contribution >= 0.6 is 11.8 Å². The van der Waals surface area contributed by atoms with E-state index < -0.39 is 0 Å². The number of carbonyl (C=O) groups is 1. The van der Waals surface area contributed by atoms with Crippen LogP contribution in [-0.2, 0) is 4.74 Å². The first-order valence-electron chi connectivity index (χ1n) is 6.77. The summed E-state index contributed by atoms with van der Waals surface area (Å²) in [7, 11) is 1.55. The number of amides is 1. The van der Waals surface area contributed by atoms with E-state index in [1.54, 1.807) is 19.2 Å². The minimum atomic E-state index is -0.0901. The molecule has 1 fully saturated rings. The van der Waals surface area contributed by atoms with Crippen molar-refractivity contribution in [2.75, 3.05) is 32.6 Å². The molecule has 0 aliphatic carbocycles. The minimum absolute atomic E-state index is 0.0901. The zero-order valence-electron chi connectivity index (χ0n) is 11.6. The molecule has 6 heteroatoms. The fourth-order valence-corrected chi connectivity index (χ4v) is 3.05. The first-order valence-corrected chi connectivity index (χ1v) is 7.82. The van der Waals surface area contributed by atoms with E-state index in [1.807, 2.05) is 11.8 Å². The summed E-state index contributed by atoms with van der Waals surface area (Å²) in [6.07, 6.45) is 3.75. The molecule has 0 spiro atoms. The van der Waals surface area contributed by atoms with Crippen LogP contribution in [0.4, 0.5) is 0 Å². The Kier molecular flexibility index (Phi) is 6.14. The first-order chi connectivity index (χ1) is 9.79. The number of nitrogens with zero attached hydrogens (tertiary/aromatic N) is 1. The van der Waals surface area contributed by atoms with Crippen molar-refractivity contribution in [1.82, 2.24) is 10.3 Å². The molecule has 110 valence electrons. The van der Waals surface area contributed by atoms with Gasteiger partial charge in [0.1, 0.15) is 0 Å². The van der Waals surface area contributed by atoms with Gasteiger partial charge in [-0.1, -0.05) is 0 Å². The minimum Gasteiger partial charge on any atom is -0.481 e. The van der Waals surface area contributed by atoms with Gasteiger partial charge in [0.25, 0.3) is 5.91 Å². The zero-order chi connectivity index (χ0) is 14.2. The summed E-state index contributed by atoms with van der Waals surface area (Å²) in [5, 5.41) is 3.57. The summed E-state index contributed by atoms with van der Waals surface area (Å²) in [5.74, 6) is 1.35. The van der Waals surface area contributed by atoms with Crippen LogP contribution in [0.2, 0.25) is 0 Å². The van der Waals surface area contributed by atoms with E-state index in [1.165, 1.54) is 6.20 Å². The van der Waals surface area contributed by atoms with Crippen molar-refractivity contribution in [3.05, 3.63) is 23.9 Å². The van der Waals surface area contributed by atoms with Crippen LogP contribution in [-0.4, -0.2) is 48.8 Å². The highest BCUT2D eigenvalue weighted by molar-refractivity contribution is 7.99. The normalized spacial score (nSPS) is 15.8. The summed E-state index contributed by atoms with van der Waals surface area (Å²) in [5.41, 5.74) is 0.557. The molecule has 1 aliphatic rings. The second-order valence-corrected chi connectivity index (χ2v) is 5.94. The highest BCUT2D eigenvalue weighted by Gasteiger charge is 2.13. The third-order valence-corrected chi connectivity index (χ3v) is 4.50. The van der Waals surface area contributed by atoms with E-state index >= 15 is 0 Å². The van der Waals surface area contributed by atoms with Crippen molar-refractivity contribution in [2.24, 2.45) is 0 Å². The van der Waals surface area contributed by atoms with E-state index in [4.69, 9.17) is 9.47 Å². The number of methoxy groups -OCH3 is 1. The Bertz CT molecular complexity index is 419. The number of rotatable bonds is 6. The third kappa shape index (κ3) is 4.68. The first kappa shape index (κ1) is 15.1. The summed E-state index contributed by atoms with van der Waals surface area (Å²) >= 11 is 1.91. The maximum atomic E-state index is 11.9. The number of aromatic nitrogens is 1. The van der Waals surface area contributed by atoms with Gasteiger partial charge in [-0.15, -0.1) is 0 Å². The van der Waals surface area contributed by atoms with Crippen LogP contribution in [0.15, 0.2) is 18.3 Å². The molecule has 1 aromatic rings. The lowest BCUT2D eigenvalue weighted by Crippen LogP contribution is -2.27. The number of ether oxygens (including phenoxy) is 2. The van der Waals surface area contributed by atoms with E-state index in [-0.39, 0.29) is 5.91 Å². The number of hydrogen-bond donors (Lipinski definition) is 1. The maximum absolute atomic E-state index is 11.9.